The first-order valence-corrected chi connectivity index (χ1v) is 10.4. The fraction of sp³-hybridized carbons (Fsp3) is 0.150. The first-order valence-electron chi connectivity index (χ1n) is 8.96. The molecule has 0 fully saturated rings. The van der Waals surface area contributed by atoms with Crippen LogP contribution in [0.2, 0.25) is 0 Å². The Labute approximate surface area is 178 Å². The van der Waals surface area contributed by atoms with Crippen molar-refractivity contribution in [2.45, 2.75) is 4.90 Å². The molecule has 11 heteroatoms. The number of carbonyl (C=O) groups excluding carboxylic acids is 1. The Hall–Kier alpha value is -3.70. The van der Waals surface area contributed by atoms with Crippen molar-refractivity contribution in [1.82, 2.24) is 14.1 Å². The van der Waals surface area contributed by atoms with Crippen molar-refractivity contribution in [2.24, 2.45) is 0 Å². The van der Waals surface area contributed by atoms with E-state index in [4.69, 9.17) is 4.74 Å². The lowest BCUT2D eigenvalue weighted by atomic mass is 10.2. The Bertz CT molecular complexity index is 1280. The minimum Gasteiger partial charge on any atom is -0.505 e. The predicted octanol–water partition coefficient (Wildman–Crippen LogP) is 1.45. The third-order valence-corrected chi connectivity index (χ3v) is 6.16. The second-order valence-corrected chi connectivity index (χ2v) is 8.72. The number of hydrogen-bond donors (Lipinski definition) is 2. The second-order valence-electron chi connectivity index (χ2n) is 6.57. The SMILES string of the molecule is COc1ccccc1-n1nc(C(=O)Nc2ccc(S(=O)(=O)N(C)C)cc2)c(O)cc1=O. The highest BCUT2D eigenvalue weighted by molar-refractivity contribution is 7.89. The molecule has 1 heterocycles. The molecule has 31 heavy (non-hydrogen) atoms. The summed E-state index contributed by atoms with van der Waals surface area (Å²) in [6.45, 7) is 0. The summed E-state index contributed by atoms with van der Waals surface area (Å²) in [5.41, 5.74) is -0.478. The van der Waals surface area contributed by atoms with Crippen LogP contribution in [0.5, 0.6) is 11.5 Å². The molecule has 0 saturated heterocycles. The predicted molar refractivity (Wildman–Crippen MR) is 113 cm³/mol. The van der Waals surface area contributed by atoms with Gasteiger partial charge in [-0.25, -0.2) is 12.7 Å². The summed E-state index contributed by atoms with van der Waals surface area (Å²) >= 11 is 0. The molecule has 0 aliphatic heterocycles. The molecular weight excluding hydrogens is 424 g/mol. The molecule has 0 saturated carbocycles. The van der Waals surface area contributed by atoms with Gasteiger partial charge >= 0.3 is 0 Å². The highest BCUT2D eigenvalue weighted by Gasteiger charge is 2.20. The number of amides is 1. The van der Waals surface area contributed by atoms with Gasteiger partial charge in [0.2, 0.25) is 10.0 Å². The van der Waals surface area contributed by atoms with Gasteiger partial charge in [-0.05, 0) is 36.4 Å². The topological polar surface area (TPSA) is 131 Å². The van der Waals surface area contributed by atoms with Gasteiger partial charge in [0.05, 0.1) is 12.0 Å². The molecule has 2 N–H and O–H groups in total. The zero-order valence-corrected chi connectivity index (χ0v) is 17.8. The zero-order chi connectivity index (χ0) is 22.8. The number of carbonyl (C=O) groups is 1. The van der Waals surface area contributed by atoms with Crippen LogP contribution in [-0.2, 0) is 10.0 Å². The van der Waals surface area contributed by atoms with Gasteiger partial charge in [-0.2, -0.15) is 9.78 Å². The fourth-order valence-electron chi connectivity index (χ4n) is 2.70. The molecule has 162 valence electrons. The maximum absolute atomic E-state index is 12.7. The first kappa shape index (κ1) is 22.0. The van der Waals surface area contributed by atoms with Gasteiger partial charge in [0.1, 0.15) is 11.4 Å². The summed E-state index contributed by atoms with van der Waals surface area (Å²) in [5, 5.41) is 16.6. The van der Waals surface area contributed by atoms with Crippen molar-refractivity contribution in [3.63, 3.8) is 0 Å². The summed E-state index contributed by atoms with van der Waals surface area (Å²) in [6, 6.07) is 12.9. The van der Waals surface area contributed by atoms with Crippen LogP contribution in [0.25, 0.3) is 5.69 Å². The largest absolute Gasteiger partial charge is 0.505 e. The van der Waals surface area contributed by atoms with Crippen LogP contribution in [0.3, 0.4) is 0 Å². The maximum atomic E-state index is 12.7. The lowest BCUT2D eigenvalue weighted by molar-refractivity contribution is 0.101. The minimum atomic E-state index is -3.61. The fourth-order valence-corrected chi connectivity index (χ4v) is 3.60. The number of hydrogen-bond acceptors (Lipinski definition) is 7. The maximum Gasteiger partial charge on any atom is 0.279 e. The molecule has 0 atom stereocenters. The van der Waals surface area contributed by atoms with Crippen molar-refractivity contribution in [1.29, 1.82) is 0 Å². The zero-order valence-electron chi connectivity index (χ0n) is 16.9. The van der Waals surface area contributed by atoms with Crippen LogP contribution in [0.1, 0.15) is 10.5 Å². The van der Waals surface area contributed by atoms with E-state index in [1.54, 1.807) is 24.3 Å². The lowest BCUT2D eigenvalue weighted by Crippen LogP contribution is -2.25. The average Bonchev–Trinajstić information content (AvgIpc) is 2.74. The Kier molecular flexibility index (Phi) is 6.09. The van der Waals surface area contributed by atoms with E-state index in [0.717, 1.165) is 15.1 Å². The van der Waals surface area contributed by atoms with Gasteiger partial charge in [-0.3, -0.25) is 9.59 Å². The Morgan fingerprint density at radius 1 is 1.13 bits per heavy atom. The van der Waals surface area contributed by atoms with E-state index < -0.39 is 32.9 Å². The third-order valence-electron chi connectivity index (χ3n) is 4.33. The molecular formula is C20H20N4O6S. The number of ether oxygens (including phenoxy) is 1. The molecule has 0 spiro atoms. The van der Waals surface area contributed by atoms with Crippen LogP contribution in [0.4, 0.5) is 5.69 Å². The smallest absolute Gasteiger partial charge is 0.279 e. The molecule has 0 radical (unpaired) electrons. The number of anilines is 1. The number of benzene rings is 2. The molecule has 1 amide bonds. The summed E-state index contributed by atoms with van der Waals surface area (Å²) in [6.07, 6.45) is 0. The Morgan fingerprint density at radius 3 is 2.39 bits per heavy atom. The van der Waals surface area contributed by atoms with Crippen molar-refractivity contribution in [3.05, 3.63) is 70.6 Å². The van der Waals surface area contributed by atoms with E-state index >= 15 is 0 Å². The van der Waals surface area contributed by atoms with E-state index in [9.17, 15) is 23.1 Å². The second kappa shape index (κ2) is 8.58. The third kappa shape index (κ3) is 4.42. The summed E-state index contributed by atoms with van der Waals surface area (Å²) in [4.78, 5) is 25.0. The van der Waals surface area contributed by atoms with Crippen LogP contribution in [-0.4, -0.2) is 54.7 Å². The van der Waals surface area contributed by atoms with Crippen LogP contribution < -0.4 is 15.6 Å². The van der Waals surface area contributed by atoms with Crippen molar-refractivity contribution < 1.29 is 23.1 Å². The molecule has 3 aromatic rings. The van der Waals surface area contributed by atoms with E-state index in [1.165, 1.54) is 45.5 Å². The highest BCUT2D eigenvalue weighted by Crippen LogP contribution is 2.22. The van der Waals surface area contributed by atoms with Gasteiger partial charge in [-0.15, -0.1) is 0 Å². The summed E-state index contributed by atoms with van der Waals surface area (Å²) < 4.78 is 31.5. The standard InChI is InChI=1S/C20H20N4O6S/c1-23(2)31(28,29)14-10-8-13(9-11-14)21-20(27)19-16(25)12-18(26)24(22-19)15-6-4-5-7-17(15)30-3/h4-12,25H,1-3H3,(H,21,27). The molecule has 0 unspecified atom stereocenters. The minimum absolute atomic E-state index is 0.0567. The van der Waals surface area contributed by atoms with E-state index in [2.05, 4.69) is 10.4 Å². The van der Waals surface area contributed by atoms with Crippen molar-refractivity contribution in [2.75, 3.05) is 26.5 Å². The number of nitrogens with zero attached hydrogens (tertiary/aromatic N) is 3. The molecule has 0 aliphatic carbocycles. The number of nitrogens with one attached hydrogen (secondary N) is 1. The lowest BCUT2D eigenvalue weighted by Gasteiger charge is -2.13. The van der Waals surface area contributed by atoms with Gasteiger partial charge in [-0.1, -0.05) is 12.1 Å². The summed E-state index contributed by atoms with van der Waals surface area (Å²) in [5.74, 6) is -1.03. The number of methoxy groups -OCH3 is 1. The van der Waals surface area contributed by atoms with Crippen LogP contribution >= 0.6 is 0 Å². The number of aromatic nitrogens is 2. The normalized spacial score (nSPS) is 11.4. The molecule has 10 nitrogen and oxygen atoms in total. The first-order chi connectivity index (χ1) is 14.6. The molecule has 0 aliphatic rings. The molecule has 1 aromatic heterocycles. The quantitative estimate of drug-likeness (QED) is 0.588. The van der Waals surface area contributed by atoms with Gasteiger partial charge < -0.3 is 15.2 Å². The van der Waals surface area contributed by atoms with Gasteiger partial charge in [0.25, 0.3) is 11.5 Å². The number of rotatable bonds is 6. The van der Waals surface area contributed by atoms with E-state index in [1.807, 2.05) is 0 Å². The Morgan fingerprint density at radius 2 is 1.77 bits per heavy atom. The average molecular weight is 444 g/mol. The van der Waals surface area contributed by atoms with Gasteiger partial charge in [0, 0.05) is 25.8 Å². The molecule has 2 aromatic carbocycles. The van der Waals surface area contributed by atoms with E-state index in [-0.39, 0.29) is 10.6 Å². The molecule has 3 rings (SSSR count). The Balaban J connectivity index is 1.93. The van der Waals surface area contributed by atoms with Gasteiger partial charge in [0.15, 0.2) is 11.4 Å². The highest BCUT2D eigenvalue weighted by atomic mass is 32.2. The van der Waals surface area contributed by atoms with E-state index in [0.29, 0.717) is 11.4 Å². The van der Waals surface area contributed by atoms with Crippen molar-refractivity contribution in [3.8, 4) is 17.2 Å². The van der Waals surface area contributed by atoms with Crippen LogP contribution in [0.15, 0.2) is 64.3 Å². The number of sulfonamides is 1. The number of para-hydroxylation sites is 2. The number of aromatic hydroxyl groups is 1. The summed E-state index contributed by atoms with van der Waals surface area (Å²) in [7, 11) is 0.644. The van der Waals surface area contributed by atoms with Crippen LogP contribution in [0, 0.1) is 0 Å². The molecule has 0 bridgehead atoms. The monoisotopic (exact) mass is 444 g/mol. The van der Waals surface area contributed by atoms with Crippen molar-refractivity contribution >= 4 is 21.6 Å².